The van der Waals surface area contributed by atoms with Crippen molar-refractivity contribution in [3.63, 3.8) is 0 Å². The molecule has 0 spiro atoms. The lowest BCUT2D eigenvalue weighted by Crippen LogP contribution is -2.42. The number of aryl methyl sites for hydroxylation is 1. The van der Waals surface area contributed by atoms with E-state index in [1.165, 1.54) is 6.92 Å². The zero-order valence-corrected chi connectivity index (χ0v) is 6.46. The van der Waals surface area contributed by atoms with Gasteiger partial charge in [-0.25, -0.2) is 4.98 Å². The maximum Gasteiger partial charge on any atom is 0.449 e. The molecule has 0 radical (unpaired) electrons. The van der Waals surface area contributed by atoms with Gasteiger partial charge in [0.25, 0.3) is 0 Å². The van der Waals surface area contributed by atoms with Crippen LogP contribution >= 0.6 is 0 Å². The Morgan fingerprint density at radius 3 is 2.23 bits per heavy atom. The summed E-state index contributed by atoms with van der Waals surface area (Å²) in [5, 5.41) is 17.3. The molecule has 0 aliphatic carbocycles. The van der Waals surface area contributed by atoms with Crippen LogP contribution in [0.4, 0.5) is 13.2 Å². The van der Waals surface area contributed by atoms with E-state index in [0.717, 1.165) is 0 Å². The highest BCUT2D eigenvalue weighted by Crippen LogP contribution is 2.35. The fourth-order valence-electron chi connectivity index (χ4n) is 0.669. The highest BCUT2D eigenvalue weighted by Gasteiger charge is 2.56. The van der Waals surface area contributed by atoms with Gasteiger partial charge in [-0.3, -0.25) is 0 Å². The van der Waals surface area contributed by atoms with Crippen molar-refractivity contribution >= 4 is 0 Å². The molecule has 0 amide bonds. The Labute approximate surface area is 70.6 Å². The highest BCUT2D eigenvalue weighted by atomic mass is 19.4. The second-order valence-electron chi connectivity index (χ2n) is 2.42. The van der Waals surface area contributed by atoms with E-state index in [9.17, 15) is 13.2 Å². The van der Waals surface area contributed by atoms with Crippen LogP contribution in [0, 0.1) is 6.92 Å². The second kappa shape index (κ2) is 2.71. The molecule has 2 N–H and O–H groups in total. The zero-order chi connectivity index (χ0) is 10.3. The third kappa shape index (κ3) is 1.65. The third-order valence-electron chi connectivity index (χ3n) is 1.37. The Morgan fingerprint density at radius 1 is 1.38 bits per heavy atom. The van der Waals surface area contributed by atoms with Crippen molar-refractivity contribution in [1.29, 1.82) is 0 Å². The Bertz CT molecular complexity index is 304. The number of rotatable bonds is 1. The van der Waals surface area contributed by atoms with Crippen LogP contribution in [0.15, 0.2) is 10.7 Å². The first-order valence-electron chi connectivity index (χ1n) is 3.19. The lowest BCUT2D eigenvalue weighted by Gasteiger charge is -2.21. The van der Waals surface area contributed by atoms with Crippen LogP contribution in [0.5, 0.6) is 0 Å². The smallest absolute Gasteiger partial charge is 0.449 e. The number of hydrogen-bond acceptors (Lipinski definition) is 4. The normalized spacial score (nSPS) is 13.4. The fourth-order valence-corrected chi connectivity index (χ4v) is 0.669. The Kier molecular flexibility index (Phi) is 2.08. The van der Waals surface area contributed by atoms with Gasteiger partial charge in [0.05, 0.1) is 0 Å². The van der Waals surface area contributed by atoms with E-state index in [4.69, 9.17) is 10.2 Å². The van der Waals surface area contributed by atoms with Crippen molar-refractivity contribution in [2.45, 2.75) is 18.9 Å². The maximum atomic E-state index is 11.9. The summed E-state index contributed by atoms with van der Waals surface area (Å²) in [7, 11) is 0. The molecule has 4 nitrogen and oxygen atoms in total. The Balaban J connectivity index is 3.07. The van der Waals surface area contributed by atoms with Crippen LogP contribution in [0.25, 0.3) is 0 Å². The molecular formula is C6H6F3NO3. The van der Waals surface area contributed by atoms with E-state index in [1.54, 1.807) is 0 Å². The second-order valence-corrected chi connectivity index (χ2v) is 2.42. The number of aliphatic hydroxyl groups is 2. The monoisotopic (exact) mass is 197 g/mol. The summed E-state index contributed by atoms with van der Waals surface area (Å²) in [6, 6.07) is 0. The lowest BCUT2D eigenvalue weighted by molar-refractivity contribution is -0.360. The summed E-state index contributed by atoms with van der Waals surface area (Å²) < 4.78 is 40.3. The minimum atomic E-state index is -5.20. The van der Waals surface area contributed by atoms with Crippen LogP contribution < -0.4 is 0 Å². The van der Waals surface area contributed by atoms with E-state index in [-0.39, 0.29) is 5.89 Å². The summed E-state index contributed by atoms with van der Waals surface area (Å²) >= 11 is 0. The molecule has 0 bridgehead atoms. The summed E-state index contributed by atoms with van der Waals surface area (Å²) in [5.74, 6) is -4.03. The quantitative estimate of drug-likeness (QED) is 0.650. The number of oxazole rings is 1. The molecule has 0 unspecified atom stereocenters. The van der Waals surface area contributed by atoms with Crippen LogP contribution in [-0.2, 0) is 5.79 Å². The predicted molar refractivity (Wildman–Crippen MR) is 33.4 cm³/mol. The predicted octanol–water partition coefficient (Wildman–Crippen LogP) is 0.683. The van der Waals surface area contributed by atoms with E-state index < -0.39 is 17.7 Å². The van der Waals surface area contributed by atoms with E-state index in [1.807, 2.05) is 0 Å². The van der Waals surface area contributed by atoms with Crippen molar-refractivity contribution in [3.8, 4) is 0 Å². The van der Waals surface area contributed by atoms with Gasteiger partial charge in [-0.2, -0.15) is 13.2 Å². The molecule has 0 aromatic carbocycles. The van der Waals surface area contributed by atoms with E-state index in [0.29, 0.717) is 6.26 Å². The summed E-state index contributed by atoms with van der Waals surface area (Å²) in [4.78, 5) is 3.16. The summed E-state index contributed by atoms with van der Waals surface area (Å²) in [6.45, 7) is 1.29. The molecule has 0 aliphatic rings. The van der Waals surface area contributed by atoms with Gasteiger partial charge in [0, 0.05) is 6.92 Å². The molecule has 1 aromatic rings. The molecule has 74 valence electrons. The van der Waals surface area contributed by atoms with Crippen molar-refractivity contribution in [2.24, 2.45) is 0 Å². The lowest BCUT2D eigenvalue weighted by atomic mass is 10.2. The molecule has 0 saturated heterocycles. The highest BCUT2D eigenvalue weighted by molar-refractivity contribution is 5.06. The Hall–Kier alpha value is -1.08. The molecule has 7 heteroatoms. The number of hydrogen-bond donors (Lipinski definition) is 2. The molecule has 1 heterocycles. The molecule has 0 fully saturated rings. The fraction of sp³-hybridized carbons (Fsp3) is 0.500. The number of nitrogens with zero attached hydrogens (tertiary/aromatic N) is 1. The van der Waals surface area contributed by atoms with Crippen LogP contribution in [0.1, 0.15) is 11.6 Å². The van der Waals surface area contributed by atoms with E-state index >= 15 is 0 Å². The van der Waals surface area contributed by atoms with Crippen molar-refractivity contribution in [2.75, 3.05) is 0 Å². The van der Waals surface area contributed by atoms with Gasteiger partial charge in [-0.1, -0.05) is 0 Å². The van der Waals surface area contributed by atoms with Crippen LogP contribution in [-0.4, -0.2) is 21.4 Å². The number of aromatic nitrogens is 1. The van der Waals surface area contributed by atoms with Gasteiger partial charge in [-0.15, -0.1) is 0 Å². The number of alkyl halides is 3. The first kappa shape index (κ1) is 10.0. The average molecular weight is 197 g/mol. The van der Waals surface area contributed by atoms with Crippen molar-refractivity contribution in [1.82, 2.24) is 4.98 Å². The van der Waals surface area contributed by atoms with Crippen LogP contribution in [0.2, 0.25) is 0 Å². The first-order chi connectivity index (χ1) is 5.75. The van der Waals surface area contributed by atoms with Crippen molar-refractivity contribution < 1.29 is 27.8 Å². The molecule has 13 heavy (non-hydrogen) atoms. The molecular weight excluding hydrogens is 191 g/mol. The van der Waals surface area contributed by atoms with Gasteiger partial charge < -0.3 is 14.6 Å². The minimum Gasteiger partial charge on any atom is -0.449 e. The zero-order valence-electron chi connectivity index (χ0n) is 6.46. The maximum absolute atomic E-state index is 11.9. The summed E-state index contributed by atoms with van der Waals surface area (Å²) in [5.41, 5.74) is -0.975. The van der Waals surface area contributed by atoms with Gasteiger partial charge >= 0.3 is 12.0 Å². The van der Waals surface area contributed by atoms with E-state index in [2.05, 4.69) is 9.40 Å². The SMILES string of the molecule is Cc1nc(C(O)(O)C(F)(F)F)co1. The first-order valence-corrected chi connectivity index (χ1v) is 3.19. The molecule has 0 atom stereocenters. The van der Waals surface area contributed by atoms with Crippen LogP contribution in [0.3, 0.4) is 0 Å². The summed E-state index contributed by atoms with van der Waals surface area (Å²) in [6.07, 6.45) is -4.65. The van der Waals surface area contributed by atoms with Crippen molar-refractivity contribution in [3.05, 3.63) is 17.8 Å². The van der Waals surface area contributed by atoms with Gasteiger partial charge in [-0.05, 0) is 0 Å². The molecule has 1 aromatic heterocycles. The van der Waals surface area contributed by atoms with Gasteiger partial charge in [0.2, 0.25) is 0 Å². The minimum absolute atomic E-state index is 0.0771. The number of halogens is 3. The van der Waals surface area contributed by atoms with Gasteiger partial charge in [0.15, 0.2) is 5.89 Å². The topological polar surface area (TPSA) is 66.5 Å². The molecule has 1 rings (SSSR count). The van der Waals surface area contributed by atoms with Gasteiger partial charge in [0.1, 0.15) is 12.0 Å². The molecule has 0 saturated carbocycles. The standard InChI is InChI=1S/C6H6F3NO3/c1-3-10-4(2-13-3)5(11,12)6(7,8)9/h2,11-12H,1H3. The Morgan fingerprint density at radius 2 is 1.92 bits per heavy atom. The average Bonchev–Trinajstić information content (AvgIpc) is 2.33. The molecule has 0 aliphatic heterocycles. The third-order valence-corrected chi connectivity index (χ3v) is 1.37. The largest absolute Gasteiger partial charge is 0.449 e.